The summed E-state index contributed by atoms with van der Waals surface area (Å²) in [6.07, 6.45) is 5.07. The minimum absolute atomic E-state index is 0.143. The number of amides is 1. The number of ether oxygens (including phenoxy) is 1. The number of hydrogen-bond donors (Lipinski definition) is 1. The SMILES string of the molecule is CC(OC(=O)c1ccc(N2CCCS2(=O)=O)cc1)C(=O)NC1CCCCC1. The molecule has 3 rings (SSSR count). The molecular weight excluding hydrogens is 368 g/mol. The van der Waals surface area contributed by atoms with Gasteiger partial charge in [0, 0.05) is 12.6 Å². The summed E-state index contributed by atoms with van der Waals surface area (Å²) in [4.78, 5) is 24.5. The van der Waals surface area contributed by atoms with Crippen molar-refractivity contribution in [1.82, 2.24) is 5.32 Å². The van der Waals surface area contributed by atoms with Crippen LogP contribution in [-0.2, 0) is 19.6 Å². The van der Waals surface area contributed by atoms with Gasteiger partial charge in [-0.15, -0.1) is 0 Å². The van der Waals surface area contributed by atoms with Crippen molar-refractivity contribution in [3.05, 3.63) is 29.8 Å². The number of esters is 1. The summed E-state index contributed by atoms with van der Waals surface area (Å²) in [5.41, 5.74) is 0.819. The molecule has 1 saturated carbocycles. The minimum atomic E-state index is -3.25. The first-order valence-electron chi connectivity index (χ1n) is 9.49. The molecule has 1 aromatic carbocycles. The van der Waals surface area contributed by atoms with Crippen LogP contribution in [0.4, 0.5) is 5.69 Å². The molecule has 0 spiro atoms. The monoisotopic (exact) mass is 394 g/mol. The van der Waals surface area contributed by atoms with Gasteiger partial charge in [0.25, 0.3) is 5.91 Å². The second-order valence-corrected chi connectivity index (χ2v) is 9.19. The number of anilines is 1. The van der Waals surface area contributed by atoms with Gasteiger partial charge in [-0.25, -0.2) is 13.2 Å². The third kappa shape index (κ3) is 4.80. The van der Waals surface area contributed by atoms with Crippen molar-refractivity contribution in [2.45, 2.75) is 57.6 Å². The number of nitrogens with zero attached hydrogens (tertiary/aromatic N) is 1. The van der Waals surface area contributed by atoms with Crippen LogP contribution in [0.1, 0.15) is 55.8 Å². The molecule has 2 fully saturated rings. The van der Waals surface area contributed by atoms with Crippen LogP contribution < -0.4 is 9.62 Å². The van der Waals surface area contributed by atoms with Crippen LogP contribution in [0.5, 0.6) is 0 Å². The summed E-state index contributed by atoms with van der Waals surface area (Å²) in [6, 6.07) is 6.39. The van der Waals surface area contributed by atoms with Crippen molar-refractivity contribution in [1.29, 1.82) is 0 Å². The second-order valence-electron chi connectivity index (χ2n) is 7.18. The van der Waals surface area contributed by atoms with Gasteiger partial charge < -0.3 is 10.1 Å². The molecule has 27 heavy (non-hydrogen) atoms. The second kappa shape index (κ2) is 8.29. The zero-order chi connectivity index (χ0) is 19.4. The third-order valence-corrected chi connectivity index (χ3v) is 6.96. The Hall–Kier alpha value is -2.09. The standard InChI is InChI=1S/C19H26N2O5S/c1-14(18(22)20-16-6-3-2-4-7-16)26-19(23)15-8-10-17(11-9-15)21-12-5-13-27(21,24)25/h8-11,14,16H,2-7,12-13H2,1H3,(H,20,22). The van der Waals surface area contributed by atoms with Gasteiger partial charge in [0.15, 0.2) is 6.10 Å². The Balaban J connectivity index is 1.56. The summed E-state index contributed by atoms with van der Waals surface area (Å²) in [6.45, 7) is 2.01. The molecule has 1 saturated heterocycles. The fourth-order valence-corrected chi connectivity index (χ4v) is 5.11. The van der Waals surface area contributed by atoms with E-state index in [1.54, 1.807) is 19.1 Å². The zero-order valence-electron chi connectivity index (χ0n) is 15.5. The molecule has 0 radical (unpaired) electrons. The van der Waals surface area contributed by atoms with Crippen LogP contribution >= 0.6 is 0 Å². The van der Waals surface area contributed by atoms with Crippen molar-refractivity contribution < 1.29 is 22.7 Å². The Bertz CT molecular complexity index is 785. The molecule has 1 aliphatic carbocycles. The molecular formula is C19H26N2O5S. The first-order chi connectivity index (χ1) is 12.9. The van der Waals surface area contributed by atoms with Gasteiger partial charge in [0.1, 0.15) is 0 Å². The molecule has 7 nitrogen and oxygen atoms in total. The van der Waals surface area contributed by atoms with E-state index in [4.69, 9.17) is 4.74 Å². The summed E-state index contributed by atoms with van der Waals surface area (Å²) < 4.78 is 30.5. The summed E-state index contributed by atoms with van der Waals surface area (Å²) in [5.74, 6) is -0.739. The predicted molar refractivity (Wildman–Crippen MR) is 102 cm³/mol. The quantitative estimate of drug-likeness (QED) is 0.773. The number of carbonyl (C=O) groups is 2. The van der Waals surface area contributed by atoms with Crippen molar-refractivity contribution in [2.75, 3.05) is 16.6 Å². The van der Waals surface area contributed by atoms with Gasteiger partial charge in [0.05, 0.1) is 17.0 Å². The molecule has 1 unspecified atom stereocenters. The largest absolute Gasteiger partial charge is 0.449 e. The van der Waals surface area contributed by atoms with Crippen molar-refractivity contribution in [3.8, 4) is 0 Å². The molecule has 0 aromatic heterocycles. The molecule has 1 N–H and O–H groups in total. The Morgan fingerprint density at radius 1 is 1.11 bits per heavy atom. The van der Waals surface area contributed by atoms with Crippen molar-refractivity contribution >= 4 is 27.6 Å². The van der Waals surface area contributed by atoms with Gasteiger partial charge in [-0.2, -0.15) is 0 Å². The molecule has 1 aromatic rings. The Kier molecular flexibility index (Phi) is 6.04. The van der Waals surface area contributed by atoms with Gasteiger partial charge >= 0.3 is 5.97 Å². The van der Waals surface area contributed by atoms with E-state index in [1.807, 2.05) is 0 Å². The molecule has 8 heteroatoms. The molecule has 1 amide bonds. The molecule has 2 aliphatic rings. The Morgan fingerprint density at radius 3 is 2.37 bits per heavy atom. The number of hydrogen-bond acceptors (Lipinski definition) is 5. The first-order valence-corrected chi connectivity index (χ1v) is 11.1. The van der Waals surface area contributed by atoms with E-state index >= 15 is 0 Å². The Morgan fingerprint density at radius 2 is 1.78 bits per heavy atom. The topological polar surface area (TPSA) is 92.8 Å². The smallest absolute Gasteiger partial charge is 0.338 e. The Labute approximate surface area is 160 Å². The fourth-order valence-electron chi connectivity index (χ4n) is 3.54. The van der Waals surface area contributed by atoms with Crippen LogP contribution in [0.2, 0.25) is 0 Å². The zero-order valence-corrected chi connectivity index (χ0v) is 16.3. The van der Waals surface area contributed by atoms with Gasteiger partial charge in [0.2, 0.25) is 10.0 Å². The average Bonchev–Trinajstić information content (AvgIpc) is 3.01. The predicted octanol–water partition coefficient (Wildman–Crippen LogP) is 2.22. The van der Waals surface area contributed by atoms with E-state index in [0.29, 0.717) is 18.7 Å². The van der Waals surface area contributed by atoms with Crippen molar-refractivity contribution in [3.63, 3.8) is 0 Å². The van der Waals surface area contributed by atoms with Gasteiger partial charge in [-0.05, 0) is 50.5 Å². The van der Waals surface area contributed by atoms with E-state index in [2.05, 4.69) is 5.32 Å². The first kappa shape index (κ1) is 19.7. The highest BCUT2D eigenvalue weighted by molar-refractivity contribution is 7.93. The van der Waals surface area contributed by atoms with Crippen LogP contribution in [0.25, 0.3) is 0 Å². The summed E-state index contributed by atoms with van der Waals surface area (Å²) in [7, 11) is -3.25. The maximum Gasteiger partial charge on any atom is 0.338 e. The molecule has 1 aliphatic heterocycles. The lowest BCUT2D eigenvalue weighted by molar-refractivity contribution is -0.130. The van der Waals surface area contributed by atoms with E-state index in [1.165, 1.54) is 22.9 Å². The van der Waals surface area contributed by atoms with Crippen LogP contribution in [0.15, 0.2) is 24.3 Å². The number of carbonyl (C=O) groups excluding carboxylic acids is 2. The van der Waals surface area contributed by atoms with Gasteiger partial charge in [-0.1, -0.05) is 19.3 Å². The lowest BCUT2D eigenvalue weighted by atomic mass is 9.95. The summed E-state index contributed by atoms with van der Waals surface area (Å²) >= 11 is 0. The lowest BCUT2D eigenvalue weighted by Crippen LogP contribution is -2.42. The molecule has 1 atom stereocenters. The van der Waals surface area contributed by atoms with Crippen LogP contribution in [0, 0.1) is 0 Å². The van der Waals surface area contributed by atoms with Crippen LogP contribution in [0.3, 0.4) is 0 Å². The number of benzene rings is 1. The highest BCUT2D eigenvalue weighted by atomic mass is 32.2. The molecule has 148 valence electrons. The normalized spacial score (nSPS) is 20.9. The lowest BCUT2D eigenvalue weighted by Gasteiger charge is -2.24. The maximum atomic E-state index is 12.3. The van der Waals surface area contributed by atoms with E-state index in [9.17, 15) is 18.0 Å². The van der Waals surface area contributed by atoms with E-state index in [0.717, 1.165) is 25.7 Å². The van der Waals surface area contributed by atoms with Crippen molar-refractivity contribution in [2.24, 2.45) is 0 Å². The van der Waals surface area contributed by atoms with Crippen LogP contribution in [-0.4, -0.2) is 44.7 Å². The number of rotatable bonds is 5. The minimum Gasteiger partial charge on any atom is -0.449 e. The molecule has 1 heterocycles. The maximum absolute atomic E-state index is 12.3. The van der Waals surface area contributed by atoms with E-state index in [-0.39, 0.29) is 23.3 Å². The molecule has 0 bridgehead atoms. The number of nitrogens with one attached hydrogen (secondary N) is 1. The number of sulfonamides is 1. The van der Waals surface area contributed by atoms with E-state index < -0.39 is 22.1 Å². The van der Waals surface area contributed by atoms with Gasteiger partial charge in [-0.3, -0.25) is 9.10 Å². The summed E-state index contributed by atoms with van der Waals surface area (Å²) in [5, 5.41) is 2.94. The highest BCUT2D eigenvalue weighted by Gasteiger charge is 2.28. The average molecular weight is 394 g/mol. The fraction of sp³-hybridized carbons (Fsp3) is 0.579. The highest BCUT2D eigenvalue weighted by Crippen LogP contribution is 2.24. The third-order valence-electron chi connectivity index (χ3n) is 5.09.